The van der Waals surface area contributed by atoms with Crippen molar-refractivity contribution in [2.75, 3.05) is 0 Å². The van der Waals surface area contributed by atoms with Crippen LogP contribution in [0.25, 0.3) is 10.9 Å². The molecular weight excluding hydrogens is 214 g/mol. The predicted octanol–water partition coefficient (Wildman–Crippen LogP) is 1.66. The average molecular weight is 228 g/mol. The number of hydrogen-bond donors (Lipinski definition) is 1. The van der Waals surface area contributed by atoms with Crippen LogP contribution >= 0.6 is 0 Å². The number of nitrogens with one attached hydrogen (secondary N) is 1. The minimum Gasteiger partial charge on any atom is -0.545 e. The summed E-state index contributed by atoms with van der Waals surface area (Å²) in [4.78, 5) is 14.3. The molecule has 1 aliphatic carbocycles. The molecule has 0 aliphatic heterocycles. The van der Waals surface area contributed by atoms with Crippen molar-refractivity contribution in [3.8, 4) is 0 Å². The van der Waals surface area contributed by atoms with Crippen molar-refractivity contribution in [2.24, 2.45) is 5.92 Å². The van der Waals surface area contributed by atoms with Gasteiger partial charge < -0.3 is 14.9 Å². The van der Waals surface area contributed by atoms with Gasteiger partial charge in [0.25, 0.3) is 0 Å². The summed E-state index contributed by atoms with van der Waals surface area (Å²) in [5.41, 5.74) is 3.86. The van der Waals surface area contributed by atoms with E-state index in [4.69, 9.17) is 0 Å². The summed E-state index contributed by atoms with van der Waals surface area (Å²) >= 11 is 0. The van der Waals surface area contributed by atoms with Gasteiger partial charge in [-0.2, -0.15) is 0 Å². The van der Waals surface area contributed by atoms with Crippen molar-refractivity contribution in [1.29, 1.82) is 0 Å². The van der Waals surface area contributed by atoms with E-state index in [0.29, 0.717) is 5.92 Å². The van der Waals surface area contributed by atoms with Crippen molar-refractivity contribution in [2.45, 2.75) is 26.2 Å². The fourth-order valence-corrected chi connectivity index (χ4v) is 2.72. The fourth-order valence-electron chi connectivity index (χ4n) is 2.72. The second-order valence-electron chi connectivity index (χ2n) is 4.98. The lowest BCUT2D eigenvalue weighted by molar-refractivity contribution is -0.255. The molecule has 0 bridgehead atoms. The van der Waals surface area contributed by atoms with Crippen LogP contribution in [0.15, 0.2) is 18.2 Å². The van der Waals surface area contributed by atoms with Gasteiger partial charge >= 0.3 is 0 Å². The van der Waals surface area contributed by atoms with Crippen molar-refractivity contribution in [3.63, 3.8) is 0 Å². The van der Waals surface area contributed by atoms with E-state index in [2.05, 4.69) is 11.9 Å². The number of carbonyl (C=O) groups is 1. The number of carbonyl (C=O) groups excluding carboxylic acids is 1. The Bertz CT molecular complexity index is 598. The van der Waals surface area contributed by atoms with Crippen LogP contribution in [0.2, 0.25) is 0 Å². The SMILES string of the molecule is C[C@H]1CCc2[nH]c3ccc(C(=O)[O-])cc3c2C1. The van der Waals surface area contributed by atoms with Crippen molar-refractivity contribution < 1.29 is 9.90 Å². The van der Waals surface area contributed by atoms with E-state index >= 15 is 0 Å². The van der Waals surface area contributed by atoms with Crippen LogP contribution < -0.4 is 5.11 Å². The maximum absolute atomic E-state index is 10.9. The number of rotatable bonds is 1. The normalized spacial score (nSPS) is 19.2. The number of carboxylic acids is 1. The Morgan fingerprint density at radius 2 is 2.29 bits per heavy atom. The summed E-state index contributed by atoms with van der Waals surface area (Å²) in [7, 11) is 0. The van der Waals surface area contributed by atoms with E-state index in [-0.39, 0.29) is 5.56 Å². The number of hydrogen-bond acceptors (Lipinski definition) is 2. The van der Waals surface area contributed by atoms with E-state index < -0.39 is 5.97 Å². The van der Waals surface area contributed by atoms with Gasteiger partial charge in [-0.05, 0) is 48.4 Å². The van der Waals surface area contributed by atoms with E-state index in [0.717, 1.165) is 23.7 Å². The molecule has 2 aromatic rings. The summed E-state index contributed by atoms with van der Waals surface area (Å²) in [5.74, 6) is -0.432. The zero-order chi connectivity index (χ0) is 12.0. The van der Waals surface area contributed by atoms with Crippen LogP contribution in [-0.2, 0) is 12.8 Å². The molecule has 1 aromatic carbocycles. The standard InChI is InChI=1S/C14H15NO2/c1-8-2-4-12-10(6-8)11-7-9(14(16)17)3-5-13(11)15-12/h3,5,7-8,15H,2,4,6H2,1H3,(H,16,17)/p-1/t8-/m0/s1. The first-order chi connectivity index (χ1) is 8.15. The molecule has 1 N–H and O–H groups in total. The fraction of sp³-hybridized carbons (Fsp3) is 0.357. The largest absolute Gasteiger partial charge is 0.545 e. The molecule has 1 aliphatic rings. The molecule has 0 amide bonds. The first-order valence-corrected chi connectivity index (χ1v) is 6.00. The zero-order valence-corrected chi connectivity index (χ0v) is 9.75. The third-order valence-electron chi connectivity index (χ3n) is 3.67. The van der Waals surface area contributed by atoms with Gasteiger partial charge in [0.15, 0.2) is 0 Å². The molecule has 1 atom stereocenters. The first-order valence-electron chi connectivity index (χ1n) is 6.00. The van der Waals surface area contributed by atoms with E-state index in [1.165, 1.54) is 17.7 Å². The Balaban J connectivity index is 2.21. The molecule has 1 aromatic heterocycles. The molecule has 1 heterocycles. The van der Waals surface area contributed by atoms with Crippen LogP contribution in [0.4, 0.5) is 0 Å². The molecule has 17 heavy (non-hydrogen) atoms. The highest BCUT2D eigenvalue weighted by Gasteiger charge is 2.19. The Labute approximate surface area is 99.5 Å². The lowest BCUT2D eigenvalue weighted by Crippen LogP contribution is -2.22. The van der Waals surface area contributed by atoms with Crippen LogP contribution in [0, 0.1) is 5.92 Å². The minimum atomic E-state index is -1.11. The highest BCUT2D eigenvalue weighted by atomic mass is 16.4. The molecule has 88 valence electrons. The van der Waals surface area contributed by atoms with Gasteiger partial charge in [0.05, 0.1) is 5.97 Å². The number of fused-ring (bicyclic) bond motifs is 3. The lowest BCUT2D eigenvalue weighted by atomic mass is 9.87. The second-order valence-corrected chi connectivity index (χ2v) is 4.98. The number of aromatic carboxylic acids is 1. The zero-order valence-electron chi connectivity index (χ0n) is 9.75. The third-order valence-corrected chi connectivity index (χ3v) is 3.67. The Kier molecular flexibility index (Phi) is 2.21. The number of H-pyrrole nitrogens is 1. The minimum absolute atomic E-state index is 0.262. The Hall–Kier alpha value is -1.77. The lowest BCUT2D eigenvalue weighted by Gasteiger charge is -2.18. The summed E-state index contributed by atoms with van der Waals surface area (Å²) in [5, 5.41) is 11.9. The molecular formula is C14H14NO2-. The van der Waals surface area contributed by atoms with Crippen LogP contribution in [-0.4, -0.2) is 11.0 Å². The number of carboxylic acid groups (broad SMARTS) is 1. The molecule has 0 unspecified atom stereocenters. The van der Waals surface area contributed by atoms with Gasteiger partial charge in [0.1, 0.15) is 0 Å². The average Bonchev–Trinajstić information content (AvgIpc) is 2.66. The third kappa shape index (κ3) is 1.62. The topological polar surface area (TPSA) is 55.9 Å². The van der Waals surface area contributed by atoms with E-state index in [1.54, 1.807) is 12.1 Å². The number of aryl methyl sites for hydroxylation is 1. The Morgan fingerprint density at radius 3 is 3.06 bits per heavy atom. The highest BCUT2D eigenvalue weighted by Crippen LogP contribution is 2.31. The maximum atomic E-state index is 10.9. The molecule has 0 saturated heterocycles. The van der Waals surface area contributed by atoms with Gasteiger partial charge in [-0.15, -0.1) is 0 Å². The molecule has 3 rings (SSSR count). The number of aromatic amines is 1. The smallest absolute Gasteiger partial charge is 0.0715 e. The molecule has 0 fully saturated rings. The van der Waals surface area contributed by atoms with E-state index in [1.807, 2.05) is 6.07 Å². The van der Waals surface area contributed by atoms with Gasteiger partial charge in [0.2, 0.25) is 0 Å². The summed E-state index contributed by atoms with van der Waals surface area (Å²) < 4.78 is 0. The van der Waals surface area contributed by atoms with Crippen LogP contribution in [0.1, 0.15) is 35.0 Å². The van der Waals surface area contributed by atoms with Crippen molar-refractivity contribution >= 4 is 16.9 Å². The molecule has 3 heteroatoms. The van der Waals surface area contributed by atoms with Crippen molar-refractivity contribution in [1.82, 2.24) is 4.98 Å². The molecule has 0 spiro atoms. The van der Waals surface area contributed by atoms with Gasteiger partial charge in [-0.3, -0.25) is 0 Å². The summed E-state index contributed by atoms with van der Waals surface area (Å²) in [6, 6.07) is 5.17. The van der Waals surface area contributed by atoms with Gasteiger partial charge in [-0.25, -0.2) is 0 Å². The van der Waals surface area contributed by atoms with Gasteiger partial charge in [0, 0.05) is 16.6 Å². The Morgan fingerprint density at radius 1 is 1.47 bits per heavy atom. The first kappa shape index (κ1) is 10.4. The number of benzene rings is 1. The molecule has 0 saturated carbocycles. The van der Waals surface area contributed by atoms with Crippen LogP contribution in [0.3, 0.4) is 0 Å². The molecule has 3 nitrogen and oxygen atoms in total. The quantitative estimate of drug-likeness (QED) is 0.807. The predicted molar refractivity (Wildman–Crippen MR) is 63.8 cm³/mol. The summed E-state index contributed by atoms with van der Waals surface area (Å²) in [6.07, 6.45) is 3.30. The van der Waals surface area contributed by atoms with Crippen molar-refractivity contribution in [3.05, 3.63) is 35.0 Å². The van der Waals surface area contributed by atoms with Gasteiger partial charge in [-0.1, -0.05) is 13.0 Å². The monoisotopic (exact) mass is 228 g/mol. The highest BCUT2D eigenvalue weighted by molar-refractivity contribution is 5.94. The molecule has 0 radical (unpaired) electrons. The van der Waals surface area contributed by atoms with Crippen LogP contribution in [0.5, 0.6) is 0 Å². The number of aromatic nitrogens is 1. The maximum Gasteiger partial charge on any atom is 0.0715 e. The van der Waals surface area contributed by atoms with E-state index in [9.17, 15) is 9.90 Å². The second kappa shape index (κ2) is 3.62. The summed E-state index contributed by atoms with van der Waals surface area (Å²) in [6.45, 7) is 2.24.